The number of rotatable bonds is 4. The van der Waals surface area contributed by atoms with E-state index in [0.29, 0.717) is 5.76 Å². The zero-order chi connectivity index (χ0) is 17.3. The molecule has 0 aliphatic heterocycles. The number of carbonyl (C=O) groups excluding carboxylic acids is 1. The Morgan fingerprint density at radius 3 is 2.71 bits per heavy atom. The van der Waals surface area contributed by atoms with Gasteiger partial charge in [0.25, 0.3) is 0 Å². The smallest absolute Gasteiger partial charge is 0.348 e. The predicted octanol–water partition coefficient (Wildman–Crippen LogP) is 2.30. The van der Waals surface area contributed by atoms with Gasteiger partial charge in [0, 0.05) is 12.0 Å². The van der Waals surface area contributed by atoms with Crippen molar-refractivity contribution in [2.24, 2.45) is 11.0 Å². The number of benzene rings is 1. The van der Waals surface area contributed by atoms with Gasteiger partial charge in [0.1, 0.15) is 17.1 Å². The summed E-state index contributed by atoms with van der Waals surface area (Å²) < 4.78 is 4.94. The van der Waals surface area contributed by atoms with Gasteiger partial charge in [0.2, 0.25) is 5.91 Å². The summed E-state index contributed by atoms with van der Waals surface area (Å²) in [5.74, 6) is -0.0136. The minimum Gasteiger partial charge on any atom is -0.507 e. The molecule has 24 heavy (non-hydrogen) atoms. The molecule has 1 aliphatic carbocycles. The van der Waals surface area contributed by atoms with Crippen molar-refractivity contribution >= 4 is 11.6 Å². The molecule has 2 atom stereocenters. The first kappa shape index (κ1) is 16.0. The Kier molecular flexibility index (Phi) is 4.20. The van der Waals surface area contributed by atoms with Crippen molar-refractivity contribution in [3.63, 3.8) is 0 Å². The van der Waals surface area contributed by atoms with E-state index < -0.39 is 5.63 Å². The molecule has 1 fully saturated rings. The molecule has 6 nitrogen and oxygen atoms in total. The Hall–Kier alpha value is -2.89. The number of amides is 1. The van der Waals surface area contributed by atoms with Crippen molar-refractivity contribution in [3.8, 4) is 5.75 Å². The SMILES string of the molecule is C/C(=N/NC(=O)[C@H]1C[C@@H]1c1ccccc1)c1c(O)cc(C)oc1=O. The molecule has 2 N–H and O–H groups in total. The first-order valence-corrected chi connectivity index (χ1v) is 7.70. The summed E-state index contributed by atoms with van der Waals surface area (Å²) in [7, 11) is 0. The van der Waals surface area contributed by atoms with Gasteiger partial charge >= 0.3 is 5.63 Å². The predicted molar refractivity (Wildman–Crippen MR) is 89.0 cm³/mol. The van der Waals surface area contributed by atoms with E-state index in [2.05, 4.69) is 10.5 Å². The molecule has 6 heteroatoms. The highest BCUT2D eigenvalue weighted by atomic mass is 16.4. The quantitative estimate of drug-likeness (QED) is 0.666. The summed E-state index contributed by atoms with van der Waals surface area (Å²) >= 11 is 0. The van der Waals surface area contributed by atoms with Crippen LogP contribution in [0.3, 0.4) is 0 Å². The van der Waals surface area contributed by atoms with Crippen molar-refractivity contribution in [1.82, 2.24) is 5.43 Å². The van der Waals surface area contributed by atoms with Gasteiger partial charge in [0.05, 0.1) is 5.71 Å². The van der Waals surface area contributed by atoms with Crippen LogP contribution < -0.4 is 11.1 Å². The standard InChI is InChI=1S/C18H18N2O4/c1-10-8-15(21)16(18(23)24-10)11(2)19-20-17(22)14-9-13(14)12-6-4-3-5-7-12/h3-8,13-14,21H,9H2,1-2H3,(H,20,22)/b19-11-/t13-,14+/m1/s1. The number of hydrogen-bond donors (Lipinski definition) is 2. The van der Waals surface area contributed by atoms with Gasteiger partial charge in [-0.05, 0) is 31.7 Å². The summed E-state index contributed by atoms with van der Waals surface area (Å²) in [6.07, 6.45) is 0.780. The van der Waals surface area contributed by atoms with Crippen LogP contribution in [0.2, 0.25) is 0 Å². The van der Waals surface area contributed by atoms with Crippen LogP contribution >= 0.6 is 0 Å². The lowest BCUT2D eigenvalue weighted by molar-refractivity contribution is -0.122. The Labute approximate surface area is 138 Å². The highest BCUT2D eigenvalue weighted by molar-refractivity contribution is 6.01. The number of aromatic hydroxyl groups is 1. The molecule has 0 saturated heterocycles. The molecule has 1 aliphatic rings. The van der Waals surface area contributed by atoms with E-state index in [4.69, 9.17) is 4.42 Å². The molecule has 3 rings (SSSR count). The normalized spacial score (nSPS) is 19.8. The topological polar surface area (TPSA) is 91.9 Å². The van der Waals surface area contributed by atoms with Crippen LogP contribution in [-0.2, 0) is 4.79 Å². The minimum absolute atomic E-state index is 0.0451. The second kappa shape index (κ2) is 6.31. The van der Waals surface area contributed by atoms with Crippen molar-refractivity contribution in [2.75, 3.05) is 0 Å². The molecular weight excluding hydrogens is 308 g/mol. The van der Waals surface area contributed by atoms with Gasteiger partial charge in [-0.1, -0.05) is 30.3 Å². The van der Waals surface area contributed by atoms with Crippen molar-refractivity contribution < 1.29 is 14.3 Å². The number of hydrazone groups is 1. The number of nitrogens with one attached hydrogen (secondary N) is 1. The summed E-state index contributed by atoms with van der Waals surface area (Å²) in [6, 6.07) is 11.2. The molecule has 124 valence electrons. The molecule has 0 spiro atoms. The van der Waals surface area contributed by atoms with E-state index in [-0.39, 0.29) is 34.8 Å². The first-order valence-electron chi connectivity index (χ1n) is 7.70. The van der Waals surface area contributed by atoms with Crippen molar-refractivity contribution in [3.05, 3.63) is 63.7 Å². The molecule has 1 aromatic carbocycles. The van der Waals surface area contributed by atoms with Gasteiger partial charge in [-0.15, -0.1) is 0 Å². The van der Waals surface area contributed by atoms with E-state index in [1.54, 1.807) is 6.92 Å². The van der Waals surface area contributed by atoms with Gasteiger partial charge in [-0.25, -0.2) is 10.2 Å². The second-order valence-corrected chi connectivity index (χ2v) is 5.94. The molecule has 0 radical (unpaired) electrons. The third-order valence-corrected chi connectivity index (χ3v) is 4.10. The number of aryl methyl sites for hydroxylation is 1. The Morgan fingerprint density at radius 2 is 2.04 bits per heavy atom. The minimum atomic E-state index is -0.684. The highest BCUT2D eigenvalue weighted by Crippen LogP contribution is 2.47. The Morgan fingerprint density at radius 1 is 1.33 bits per heavy atom. The van der Waals surface area contributed by atoms with Crippen LogP contribution in [0.4, 0.5) is 0 Å². The Balaban J connectivity index is 1.68. The first-order chi connectivity index (χ1) is 11.5. The van der Waals surface area contributed by atoms with Crippen LogP contribution in [0, 0.1) is 12.8 Å². The fourth-order valence-electron chi connectivity index (χ4n) is 2.76. The van der Waals surface area contributed by atoms with E-state index in [1.807, 2.05) is 30.3 Å². The number of nitrogens with zero attached hydrogens (tertiary/aromatic N) is 1. The zero-order valence-electron chi connectivity index (χ0n) is 13.4. The average molecular weight is 326 g/mol. The molecule has 1 aromatic heterocycles. The lowest BCUT2D eigenvalue weighted by Gasteiger charge is -2.04. The van der Waals surface area contributed by atoms with Gasteiger partial charge < -0.3 is 9.52 Å². The maximum Gasteiger partial charge on any atom is 0.348 e. The summed E-state index contributed by atoms with van der Waals surface area (Å²) in [5.41, 5.74) is 3.08. The second-order valence-electron chi connectivity index (χ2n) is 5.94. The molecule has 2 aromatic rings. The van der Waals surface area contributed by atoms with Crippen LogP contribution in [0.5, 0.6) is 5.75 Å². The Bertz CT molecular complexity index is 855. The molecule has 0 unspecified atom stereocenters. The third kappa shape index (κ3) is 3.22. The molecule has 1 heterocycles. The van der Waals surface area contributed by atoms with E-state index in [1.165, 1.54) is 13.0 Å². The average Bonchev–Trinajstić information content (AvgIpc) is 3.33. The van der Waals surface area contributed by atoms with E-state index in [9.17, 15) is 14.7 Å². The fraction of sp³-hybridized carbons (Fsp3) is 0.278. The lowest BCUT2D eigenvalue weighted by atomic mass is 10.1. The van der Waals surface area contributed by atoms with Crippen LogP contribution in [0.25, 0.3) is 0 Å². The molecule has 1 amide bonds. The van der Waals surface area contributed by atoms with E-state index in [0.717, 1.165) is 12.0 Å². The molecule has 1 saturated carbocycles. The van der Waals surface area contributed by atoms with Gasteiger partial charge in [-0.2, -0.15) is 5.10 Å². The van der Waals surface area contributed by atoms with Crippen LogP contribution in [0.15, 0.2) is 50.7 Å². The number of carbonyl (C=O) groups is 1. The zero-order valence-corrected chi connectivity index (χ0v) is 13.4. The highest BCUT2D eigenvalue weighted by Gasteiger charge is 2.43. The van der Waals surface area contributed by atoms with Crippen LogP contribution in [0.1, 0.15) is 36.1 Å². The van der Waals surface area contributed by atoms with Gasteiger partial charge in [0.15, 0.2) is 0 Å². The molecule has 0 bridgehead atoms. The van der Waals surface area contributed by atoms with Gasteiger partial charge in [-0.3, -0.25) is 4.79 Å². The summed E-state index contributed by atoms with van der Waals surface area (Å²) in [6.45, 7) is 3.10. The lowest BCUT2D eigenvalue weighted by Crippen LogP contribution is -2.23. The van der Waals surface area contributed by atoms with Crippen molar-refractivity contribution in [1.29, 1.82) is 0 Å². The monoisotopic (exact) mass is 326 g/mol. The number of hydrogen-bond acceptors (Lipinski definition) is 5. The fourth-order valence-corrected chi connectivity index (χ4v) is 2.76. The maximum atomic E-state index is 12.2. The maximum absolute atomic E-state index is 12.2. The third-order valence-electron chi connectivity index (χ3n) is 4.10. The van der Waals surface area contributed by atoms with Crippen molar-refractivity contribution in [2.45, 2.75) is 26.2 Å². The molecular formula is C18H18N2O4. The summed E-state index contributed by atoms with van der Waals surface area (Å²) in [4.78, 5) is 24.0. The largest absolute Gasteiger partial charge is 0.507 e. The summed E-state index contributed by atoms with van der Waals surface area (Å²) in [5, 5.41) is 13.8. The van der Waals surface area contributed by atoms with E-state index >= 15 is 0 Å². The van der Waals surface area contributed by atoms with Crippen LogP contribution in [-0.4, -0.2) is 16.7 Å².